The van der Waals surface area contributed by atoms with E-state index in [-0.39, 0.29) is 6.09 Å². The zero-order valence-electron chi connectivity index (χ0n) is 9.48. The Morgan fingerprint density at radius 3 is 2.56 bits per heavy atom. The highest BCUT2D eigenvalue weighted by atomic mass is 16.5. The topological polar surface area (TPSA) is 29.5 Å². The second-order valence-electron chi connectivity index (χ2n) is 4.06. The summed E-state index contributed by atoms with van der Waals surface area (Å²) in [6.07, 6.45) is 1.82. The van der Waals surface area contributed by atoms with Crippen LogP contribution in [0.1, 0.15) is 24.3 Å². The second-order valence-corrected chi connectivity index (χ2v) is 4.06. The van der Waals surface area contributed by atoms with Crippen molar-refractivity contribution in [2.75, 3.05) is 20.2 Å². The van der Waals surface area contributed by atoms with E-state index in [2.05, 4.69) is 18.2 Å². The third kappa shape index (κ3) is 2.35. The summed E-state index contributed by atoms with van der Waals surface area (Å²) in [7, 11) is 1.43. The maximum absolute atomic E-state index is 11.3. The fraction of sp³-hybridized carbons (Fsp3) is 0.462. The van der Waals surface area contributed by atoms with Crippen LogP contribution in [0.25, 0.3) is 0 Å². The van der Waals surface area contributed by atoms with E-state index in [1.54, 1.807) is 4.90 Å². The highest BCUT2D eigenvalue weighted by Gasteiger charge is 2.23. The lowest BCUT2D eigenvalue weighted by Gasteiger charge is -2.31. The van der Waals surface area contributed by atoms with Crippen LogP contribution in [0.5, 0.6) is 0 Å². The third-order valence-corrected chi connectivity index (χ3v) is 3.14. The Labute approximate surface area is 96.0 Å². The number of carbonyl (C=O) groups excluding carboxylic acids is 1. The minimum atomic E-state index is -0.208. The van der Waals surface area contributed by atoms with E-state index >= 15 is 0 Å². The maximum atomic E-state index is 11.3. The van der Waals surface area contributed by atoms with Gasteiger partial charge in [-0.3, -0.25) is 0 Å². The summed E-state index contributed by atoms with van der Waals surface area (Å²) in [5.74, 6) is 0.565. The Kier molecular flexibility index (Phi) is 3.44. The Balaban J connectivity index is 1.93. The van der Waals surface area contributed by atoms with Crippen LogP contribution in [0, 0.1) is 6.07 Å². The van der Waals surface area contributed by atoms with Gasteiger partial charge in [0.1, 0.15) is 0 Å². The van der Waals surface area contributed by atoms with Crippen molar-refractivity contribution in [1.29, 1.82) is 0 Å². The van der Waals surface area contributed by atoms with Crippen LogP contribution in [0.15, 0.2) is 24.3 Å². The molecule has 1 heterocycles. The summed E-state index contributed by atoms with van der Waals surface area (Å²) in [6.45, 7) is 1.58. The first-order chi connectivity index (χ1) is 7.81. The molecule has 1 radical (unpaired) electrons. The van der Waals surface area contributed by atoms with Crippen molar-refractivity contribution >= 4 is 6.09 Å². The van der Waals surface area contributed by atoms with Gasteiger partial charge in [-0.05, 0) is 30.4 Å². The first-order valence-electron chi connectivity index (χ1n) is 5.60. The number of carbonyl (C=O) groups is 1. The van der Waals surface area contributed by atoms with E-state index in [1.807, 2.05) is 12.1 Å². The van der Waals surface area contributed by atoms with E-state index in [1.165, 1.54) is 12.7 Å². The molecule has 2 rings (SSSR count). The third-order valence-electron chi connectivity index (χ3n) is 3.14. The molecule has 0 saturated carbocycles. The van der Waals surface area contributed by atoms with Crippen LogP contribution in [-0.2, 0) is 4.74 Å². The van der Waals surface area contributed by atoms with Crippen LogP contribution in [0.4, 0.5) is 4.79 Å². The fourth-order valence-electron chi connectivity index (χ4n) is 2.20. The number of hydrogen-bond donors (Lipinski definition) is 0. The van der Waals surface area contributed by atoms with E-state index in [9.17, 15) is 4.79 Å². The number of benzene rings is 1. The normalized spacial score (nSPS) is 17.2. The predicted octanol–water partition coefficient (Wildman–Crippen LogP) is 2.43. The van der Waals surface area contributed by atoms with Crippen molar-refractivity contribution in [3.8, 4) is 0 Å². The Bertz CT molecular complexity index is 342. The fourth-order valence-corrected chi connectivity index (χ4v) is 2.20. The van der Waals surface area contributed by atoms with E-state index in [0.29, 0.717) is 5.92 Å². The van der Waals surface area contributed by atoms with E-state index in [0.717, 1.165) is 25.9 Å². The lowest BCUT2D eigenvalue weighted by atomic mass is 9.90. The molecule has 0 aliphatic carbocycles. The van der Waals surface area contributed by atoms with Crippen molar-refractivity contribution < 1.29 is 9.53 Å². The Morgan fingerprint density at radius 1 is 1.38 bits per heavy atom. The van der Waals surface area contributed by atoms with Gasteiger partial charge in [0.2, 0.25) is 0 Å². The summed E-state index contributed by atoms with van der Waals surface area (Å²) < 4.78 is 4.71. The first-order valence-corrected chi connectivity index (χ1v) is 5.60. The molecule has 0 spiro atoms. The molecule has 0 unspecified atom stereocenters. The molecule has 1 saturated heterocycles. The zero-order valence-corrected chi connectivity index (χ0v) is 9.48. The lowest BCUT2D eigenvalue weighted by Crippen LogP contribution is -2.37. The van der Waals surface area contributed by atoms with Crippen LogP contribution in [0.2, 0.25) is 0 Å². The van der Waals surface area contributed by atoms with Crippen LogP contribution >= 0.6 is 0 Å². The number of nitrogens with zero attached hydrogens (tertiary/aromatic N) is 1. The number of ether oxygens (including phenoxy) is 1. The number of hydrogen-bond acceptors (Lipinski definition) is 2. The predicted molar refractivity (Wildman–Crippen MR) is 61.2 cm³/mol. The van der Waals surface area contributed by atoms with Crippen LogP contribution < -0.4 is 0 Å². The Hall–Kier alpha value is -1.51. The van der Waals surface area contributed by atoms with Crippen LogP contribution in [-0.4, -0.2) is 31.2 Å². The van der Waals surface area contributed by atoms with E-state index < -0.39 is 0 Å². The summed E-state index contributed by atoms with van der Waals surface area (Å²) >= 11 is 0. The van der Waals surface area contributed by atoms with Crippen molar-refractivity contribution in [2.45, 2.75) is 18.8 Å². The lowest BCUT2D eigenvalue weighted by molar-refractivity contribution is 0.112. The van der Waals surface area contributed by atoms with Gasteiger partial charge in [-0.25, -0.2) is 4.79 Å². The first kappa shape index (κ1) is 11.0. The second kappa shape index (κ2) is 5.01. The highest BCUT2D eigenvalue weighted by Crippen LogP contribution is 2.27. The van der Waals surface area contributed by atoms with Crippen molar-refractivity contribution in [3.63, 3.8) is 0 Å². The number of amides is 1. The smallest absolute Gasteiger partial charge is 0.409 e. The average Bonchev–Trinajstić information content (AvgIpc) is 2.39. The molecule has 1 aliphatic rings. The van der Waals surface area contributed by atoms with Gasteiger partial charge in [-0.2, -0.15) is 0 Å². The minimum Gasteiger partial charge on any atom is -0.453 e. The monoisotopic (exact) mass is 218 g/mol. The van der Waals surface area contributed by atoms with E-state index in [4.69, 9.17) is 4.74 Å². The molecule has 0 N–H and O–H groups in total. The van der Waals surface area contributed by atoms with Gasteiger partial charge in [-0.15, -0.1) is 0 Å². The molecular formula is C13H16NO2. The minimum absolute atomic E-state index is 0.208. The number of rotatable bonds is 1. The Morgan fingerprint density at radius 2 is 2.00 bits per heavy atom. The SMILES string of the molecule is COC(=O)N1CCC(c2cc[c]cc2)CC1. The molecule has 0 aromatic heterocycles. The van der Waals surface area contributed by atoms with Gasteiger partial charge in [0, 0.05) is 13.1 Å². The standard InChI is InChI=1S/C13H16NO2/c1-16-13(15)14-9-7-12(8-10-14)11-5-3-2-4-6-11/h3-6,12H,7-10H2,1H3. The van der Waals surface area contributed by atoms with Gasteiger partial charge >= 0.3 is 6.09 Å². The molecule has 1 amide bonds. The quantitative estimate of drug-likeness (QED) is 0.724. The molecular weight excluding hydrogens is 202 g/mol. The summed E-state index contributed by atoms with van der Waals surface area (Å²) in [6, 6.07) is 11.1. The van der Waals surface area contributed by atoms with Crippen molar-refractivity contribution in [2.24, 2.45) is 0 Å². The van der Waals surface area contributed by atoms with Gasteiger partial charge in [-0.1, -0.05) is 24.3 Å². The molecule has 1 aromatic rings. The molecule has 3 nitrogen and oxygen atoms in total. The molecule has 1 aromatic carbocycles. The number of likely N-dealkylation sites (tertiary alicyclic amines) is 1. The van der Waals surface area contributed by atoms with Gasteiger partial charge < -0.3 is 9.64 Å². The molecule has 16 heavy (non-hydrogen) atoms. The van der Waals surface area contributed by atoms with Gasteiger partial charge in [0.15, 0.2) is 0 Å². The highest BCUT2D eigenvalue weighted by molar-refractivity contribution is 5.67. The molecule has 85 valence electrons. The number of methoxy groups -OCH3 is 1. The molecule has 1 aliphatic heterocycles. The van der Waals surface area contributed by atoms with Crippen molar-refractivity contribution in [1.82, 2.24) is 4.90 Å². The molecule has 0 atom stereocenters. The maximum Gasteiger partial charge on any atom is 0.409 e. The van der Waals surface area contributed by atoms with Crippen LogP contribution in [0.3, 0.4) is 0 Å². The summed E-state index contributed by atoms with van der Waals surface area (Å²) in [5, 5.41) is 0. The average molecular weight is 218 g/mol. The van der Waals surface area contributed by atoms with Crippen molar-refractivity contribution in [3.05, 3.63) is 35.9 Å². The number of piperidine rings is 1. The molecule has 1 fully saturated rings. The molecule has 3 heteroatoms. The largest absolute Gasteiger partial charge is 0.453 e. The van der Waals surface area contributed by atoms with Gasteiger partial charge in [0.05, 0.1) is 7.11 Å². The summed E-state index contributed by atoms with van der Waals surface area (Å²) in [5.41, 5.74) is 1.35. The summed E-state index contributed by atoms with van der Waals surface area (Å²) in [4.78, 5) is 13.1. The van der Waals surface area contributed by atoms with Gasteiger partial charge in [0.25, 0.3) is 0 Å². The zero-order chi connectivity index (χ0) is 11.4. The molecule has 0 bridgehead atoms.